The van der Waals surface area contributed by atoms with Crippen molar-refractivity contribution in [2.24, 2.45) is 0 Å². The van der Waals surface area contributed by atoms with Gasteiger partial charge in [0.1, 0.15) is 10.7 Å². The van der Waals surface area contributed by atoms with Crippen LogP contribution in [0.15, 0.2) is 23.1 Å². The molecule has 0 saturated heterocycles. The number of ketones is 1. The zero-order valence-corrected chi connectivity index (χ0v) is 10.7. The molecule has 1 aromatic rings. The lowest BCUT2D eigenvalue weighted by Gasteiger charge is -2.10. The van der Waals surface area contributed by atoms with Crippen LogP contribution in [0.4, 0.5) is 5.69 Å². The molecule has 0 aromatic heterocycles. The monoisotopic (exact) mass is 271 g/mol. The van der Waals surface area contributed by atoms with Gasteiger partial charge in [0.2, 0.25) is 5.91 Å². The average Bonchev–Trinajstić information content (AvgIpc) is 2.13. The van der Waals surface area contributed by atoms with Crippen LogP contribution in [0.1, 0.15) is 18.9 Å². The molecule has 0 saturated carbocycles. The van der Waals surface area contributed by atoms with E-state index in [1.807, 2.05) is 0 Å². The minimum absolute atomic E-state index is 0.0382. The molecule has 0 heterocycles. The number of aryl methyl sites for hydroxylation is 1. The number of carbonyl (C=O) groups is 2. The van der Waals surface area contributed by atoms with E-state index in [-0.39, 0.29) is 22.8 Å². The van der Waals surface area contributed by atoms with Gasteiger partial charge in [0.15, 0.2) is 0 Å². The van der Waals surface area contributed by atoms with Crippen LogP contribution in [0.5, 0.6) is 0 Å². The van der Waals surface area contributed by atoms with E-state index in [2.05, 4.69) is 5.32 Å². The van der Waals surface area contributed by atoms with Gasteiger partial charge in [0.25, 0.3) is 10.1 Å². The Labute approximate surface area is 105 Å². The van der Waals surface area contributed by atoms with Crippen molar-refractivity contribution in [2.75, 3.05) is 5.32 Å². The molecule has 18 heavy (non-hydrogen) atoms. The minimum atomic E-state index is -4.44. The van der Waals surface area contributed by atoms with E-state index in [4.69, 9.17) is 4.55 Å². The maximum absolute atomic E-state index is 11.4. The third kappa shape index (κ3) is 3.64. The topological polar surface area (TPSA) is 101 Å². The molecule has 0 aliphatic rings. The number of carbonyl (C=O) groups excluding carboxylic acids is 2. The molecule has 98 valence electrons. The number of Topliss-reactive ketones (excluding diaryl/α,β-unsaturated/α-hetero) is 1. The average molecular weight is 271 g/mol. The molecule has 0 bridgehead atoms. The van der Waals surface area contributed by atoms with Crippen LogP contribution in [-0.2, 0) is 19.7 Å². The van der Waals surface area contributed by atoms with Crippen LogP contribution < -0.4 is 5.32 Å². The summed E-state index contributed by atoms with van der Waals surface area (Å²) in [5, 5.41) is 2.29. The van der Waals surface area contributed by atoms with Crippen LogP contribution >= 0.6 is 0 Å². The van der Waals surface area contributed by atoms with Gasteiger partial charge in [-0.2, -0.15) is 8.42 Å². The lowest BCUT2D eigenvalue weighted by Crippen LogP contribution is -2.17. The van der Waals surface area contributed by atoms with Crippen molar-refractivity contribution >= 4 is 27.5 Å². The predicted octanol–water partition coefficient (Wildman–Crippen LogP) is 1.16. The van der Waals surface area contributed by atoms with Gasteiger partial charge in [0, 0.05) is 0 Å². The van der Waals surface area contributed by atoms with Crippen molar-refractivity contribution in [1.29, 1.82) is 0 Å². The molecule has 7 heteroatoms. The highest BCUT2D eigenvalue weighted by molar-refractivity contribution is 7.86. The molecule has 0 unspecified atom stereocenters. The highest BCUT2D eigenvalue weighted by atomic mass is 32.2. The number of anilines is 1. The van der Waals surface area contributed by atoms with Crippen LogP contribution in [-0.4, -0.2) is 24.7 Å². The molecule has 0 aliphatic heterocycles. The first-order valence-electron chi connectivity index (χ1n) is 5.08. The summed E-state index contributed by atoms with van der Waals surface area (Å²) < 4.78 is 31.5. The van der Waals surface area contributed by atoms with Crippen molar-refractivity contribution < 1.29 is 22.6 Å². The SMILES string of the molecule is CC(=O)CC(=O)Nc1cccc(C)c1S(=O)(=O)O. The molecule has 2 N–H and O–H groups in total. The number of amides is 1. The molecule has 0 radical (unpaired) electrons. The Kier molecular flexibility index (Phi) is 4.20. The quantitative estimate of drug-likeness (QED) is 0.632. The summed E-state index contributed by atoms with van der Waals surface area (Å²) in [4.78, 5) is 21.8. The third-order valence-electron chi connectivity index (χ3n) is 2.15. The molecule has 1 amide bonds. The van der Waals surface area contributed by atoms with Gasteiger partial charge >= 0.3 is 0 Å². The maximum atomic E-state index is 11.4. The van der Waals surface area contributed by atoms with E-state index < -0.39 is 16.0 Å². The summed E-state index contributed by atoms with van der Waals surface area (Å²) in [6, 6.07) is 4.37. The van der Waals surface area contributed by atoms with Gasteiger partial charge in [-0.25, -0.2) is 0 Å². The first kappa shape index (κ1) is 14.3. The zero-order valence-electron chi connectivity index (χ0n) is 9.93. The lowest BCUT2D eigenvalue weighted by atomic mass is 10.2. The van der Waals surface area contributed by atoms with E-state index in [9.17, 15) is 18.0 Å². The first-order valence-corrected chi connectivity index (χ1v) is 6.52. The summed E-state index contributed by atoms with van der Waals surface area (Å²) >= 11 is 0. The highest BCUT2D eigenvalue weighted by Crippen LogP contribution is 2.24. The number of benzene rings is 1. The Morgan fingerprint density at radius 2 is 1.94 bits per heavy atom. The predicted molar refractivity (Wildman–Crippen MR) is 64.9 cm³/mol. The molecular formula is C11H13NO5S. The largest absolute Gasteiger partial charge is 0.324 e. The van der Waals surface area contributed by atoms with Gasteiger partial charge in [-0.1, -0.05) is 12.1 Å². The normalized spacial score (nSPS) is 11.1. The van der Waals surface area contributed by atoms with Crippen molar-refractivity contribution in [3.8, 4) is 0 Å². The van der Waals surface area contributed by atoms with Gasteiger partial charge < -0.3 is 5.32 Å². The van der Waals surface area contributed by atoms with Crippen molar-refractivity contribution in [1.82, 2.24) is 0 Å². The second-order valence-corrected chi connectivity index (χ2v) is 5.21. The summed E-state index contributed by atoms with van der Waals surface area (Å²) in [6.45, 7) is 2.74. The zero-order chi connectivity index (χ0) is 13.9. The molecule has 0 atom stereocenters. The van der Waals surface area contributed by atoms with E-state index in [0.29, 0.717) is 5.56 Å². The number of hydrogen-bond donors (Lipinski definition) is 2. The van der Waals surface area contributed by atoms with Gasteiger partial charge in [-0.3, -0.25) is 14.1 Å². The fraction of sp³-hybridized carbons (Fsp3) is 0.273. The Hall–Kier alpha value is -1.73. The summed E-state index contributed by atoms with van der Waals surface area (Å²) in [7, 11) is -4.44. The molecule has 1 aromatic carbocycles. The van der Waals surface area contributed by atoms with Crippen molar-refractivity contribution in [3.05, 3.63) is 23.8 Å². The Bertz CT molecular complexity index is 591. The second kappa shape index (κ2) is 5.28. The van der Waals surface area contributed by atoms with Crippen molar-refractivity contribution in [2.45, 2.75) is 25.2 Å². The Balaban J connectivity index is 3.15. The standard InChI is InChI=1S/C11H13NO5S/c1-7-4-3-5-9(11(7)18(15,16)17)12-10(14)6-8(2)13/h3-5H,6H2,1-2H3,(H,12,14)(H,15,16,17). The number of nitrogens with one attached hydrogen (secondary N) is 1. The van der Waals surface area contributed by atoms with Crippen LogP contribution in [0, 0.1) is 6.92 Å². The fourth-order valence-corrected chi connectivity index (χ4v) is 2.39. The van der Waals surface area contributed by atoms with Crippen LogP contribution in [0.2, 0.25) is 0 Å². The highest BCUT2D eigenvalue weighted by Gasteiger charge is 2.19. The molecule has 0 spiro atoms. The van der Waals surface area contributed by atoms with Crippen LogP contribution in [0.3, 0.4) is 0 Å². The van der Waals surface area contributed by atoms with E-state index in [1.54, 1.807) is 0 Å². The molecule has 0 aliphatic carbocycles. The Morgan fingerprint density at radius 3 is 2.44 bits per heavy atom. The minimum Gasteiger partial charge on any atom is -0.324 e. The number of hydrogen-bond acceptors (Lipinski definition) is 4. The van der Waals surface area contributed by atoms with Gasteiger partial charge in [-0.15, -0.1) is 0 Å². The first-order chi connectivity index (χ1) is 8.21. The molecule has 0 fully saturated rings. The van der Waals surface area contributed by atoms with Crippen molar-refractivity contribution in [3.63, 3.8) is 0 Å². The third-order valence-corrected chi connectivity index (χ3v) is 3.21. The van der Waals surface area contributed by atoms with Gasteiger partial charge in [-0.05, 0) is 25.5 Å². The molecule has 6 nitrogen and oxygen atoms in total. The molecule has 1 rings (SSSR count). The smallest absolute Gasteiger partial charge is 0.296 e. The summed E-state index contributed by atoms with van der Waals surface area (Å²) in [5.41, 5.74) is 0.266. The summed E-state index contributed by atoms with van der Waals surface area (Å²) in [6.07, 6.45) is -0.348. The maximum Gasteiger partial charge on any atom is 0.296 e. The number of rotatable bonds is 4. The Morgan fingerprint density at radius 1 is 1.33 bits per heavy atom. The van der Waals surface area contributed by atoms with E-state index in [1.165, 1.54) is 32.0 Å². The van der Waals surface area contributed by atoms with Gasteiger partial charge in [0.05, 0.1) is 12.1 Å². The van der Waals surface area contributed by atoms with E-state index in [0.717, 1.165) is 0 Å². The molecular weight excluding hydrogens is 258 g/mol. The van der Waals surface area contributed by atoms with Crippen LogP contribution in [0.25, 0.3) is 0 Å². The summed E-state index contributed by atoms with van der Waals surface area (Å²) in [5.74, 6) is -0.966. The lowest BCUT2D eigenvalue weighted by molar-refractivity contribution is -0.124. The fourth-order valence-electron chi connectivity index (χ4n) is 1.51. The second-order valence-electron chi connectivity index (χ2n) is 3.85. The van der Waals surface area contributed by atoms with E-state index >= 15 is 0 Å².